The number of aromatic nitrogens is 1. The van der Waals surface area contributed by atoms with Gasteiger partial charge in [-0.2, -0.15) is 0 Å². The van der Waals surface area contributed by atoms with Gasteiger partial charge < -0.3 is 20.9 Å². The van der Waals surface area contributed by atoms with Gasteiger partial charge in [0.1, 0.15) is 5.69 Å². The Hall–Kier alpha value is -1.98. The summed E-state index contributed by atoms with van der Waals surface area (Å²) in [5.74, 6) is -0.455. The van der Waals surface area contributed by atoms with Gasteiger partial charge in [-0.25, -0.2) is 0 Å². The van der Waals surface area contributed by atoms with E-state index >= 15 is 0 Å². The third-order valence-electron chi connectivity index (χ3n) is 2.90. The van der Waals surface area contributed by atoms with Crippen molar-refractivity contribution in [3.63, 3.8) is 0 Å². The lowest BCUT2D eigenvalue weighted by atomic mass is 10.3. The Morgan fingerprint density at radius 2 is 2.16 bits per heavy atom. The SMILES string of the molecule is CC(C)NC(=O)CNC(=O)c1cc(N)cn1C1CC1. The minimum Gasteiger partial charge on any atom is -0.397 e. The molecular weight excluding hydrogens is 244 g/mol. The highest BCUT2D eigenvalue weighted by Gasteiger charge is 2.27. The highest BCUT2D eigenvalue weighted by Crippen LogP contribution is 2.37. The van der Waals surface area contributed by atoms with Crippen molar-refractivity contribution in [2.45, 2.75) is 38.8 Å². The summed E-state index contributed by atoms with van der Waals surface area (Å²) < 4.78 is 1.89. The zero-order valence-corrected chi connectivity index (χ0v) is 11.3. The van der Waals surface area contributed by atoms with Crippen LogP contribution in [0.2, 0.25) is 0 Å². The van der Waals surface area contributed by atoms with Crippen LogP contribution in [0.1, 0.15) is 43.2 Å². The average Bonchev–Trinajstić information content (AvgIpc) is 3.08. The van der Waals surface area contributed by atoms with E-state index in [1.165, 1.54) is 0 Å². The van der Waals surface area contributed by atoms with Gasteiger partial charge >= 0.3 is 0 Å². The molecule has 6 nitrogen and oxygen atoms in total. The van der Waals surface area contributed by atoms with Crippen LogP contribution >= 0.6 is 0 Å². The second-order valence-corrected chi connectivity index (χ2v) is 5.20. The molecule has 0 aliphatic heterocycles. The molecule has 19 heavy (non-hydrogen) atoms. The first-order valence-corrected chi connectivity index (χ1v) is 6.52. The van der Waals surface area contributed by atoms with E-state index < -0.39 is 0 Å². The third kappa shape index (κ3) is 3.49. The van der Waals surface area contributed by atoms with Crippen molar-refractivity contribution in [2.75, 3.05) is 12.3 Å². The Balaban J connectivity index is 1.94. The summed E-state index contributed by atoms with van der Waals surface area (Å²) in [7, 11) is 0. The Morgan fingerprint density at radius 3 is 2.74 bits per heavy atom. The van der Waals surface area contributed by atoms with Gasteiger partial charge in [0.2, 0.25) is 5.91 Å². The van der Waals surface area contributed by atoms with Gasteiger partial charge in [-0.05, 0) is 32.8 Å². The minimum atomic E-state index is -0.262. The number of carbonyl (C=O) groups is 2. The van der Waals surface area contributed by atoms with Crippen molar-refractivity contribution in [1.29, 1.82) is 0 Å². The summed E-state index contributed by atoms with van der Waals surface area (Å²) in [4.78, 5) is 23.5. The van der Waals surface area contributed by atoms with E-state index in [9.17, 15) is 9.59 Å². The molecule has 1 fully saturated rings. The van der Waals surface area contributed by atoms with Gasteiger partial charge in [0.25, 0.3) is 5.91 Å². The molecule has 0 saturated heterocycles. The molecule has 0 radical (unpaired) electrons. The molecule has 0 spiro atoms. The summed E-state index contributed by atoms with van der Waals surface area (Å²) in [6.45, 7) is 3.73. The van der Waals surface area contributed by atoms with Gasteiger partial charge in [0, 0.05) is 18.3 Å². The van der Waals surface area contributed by atoms with Crippen LogP contribution in [0.4, 0.5) is 5.69 Å². The Morgan fingerprint density at radius 1 is 1.47 bits per heavy atom. The van der Waals surface area contributed by atoms with Gasteiger partial charge in [0.05, 0.1) is 12.2 Å². The number of hydrogen-bond acceptors (Lipinski definition) is 3. The maximum atomic E-state index is 12.0. The van der Waals surface area contributed by atoms with Crippen LogP contribution in [0.5, 0.6) is 0 Å². The van der Waals surface area contributed by atoms with Crippen LogP contribution < -0.4 is 16.4 Å². The minimum absolute atomic E-state index is 0.0211. The summed E-state index contributed by atoms with van der Waals surface area (Å²) in [6, 6.07) is 2.09. The fraction of sp³-hybridized carbons (Fsp3) is 0.538. The molecule has 1 heterocycles. The van der Waals surface area contributed by atoms with Crippen molar-refractivity contribution < 1.29 is 9.59 Å². The monoisotopic (exact) mass is 264 g/mol. The van der Waals surface area contributed by atoms with Gasteiger partial charge in [-0.3, -0.25) is 9.59 Å². The Labute approximate surface area is 112 Å². The van der Waals surface area contributed by atoms with E-state index in [2.05, 4.69) is 10.6 Å². The predicted molar refractivity (Wildman–Crippen MR) is 72.7 cm³/mol. The highest BCUT2D eigenvalue weighted by molar-refractivity contribution is 5.96. The molecule has 104 valence electrons. The first-order chi connectivity index (χ1) is 8.97. The van der Waals surface area contributed by atoms with Crippen molar-refractivity contribution in [2.24, 2.45) is 0 Å². The predicted octanol–water partition coefficient (Wildman–Crippen LogP) is 0.660. The number of nitrogen functional groups attached to an aromatic ring is 1. The first kappa shape index (κ1) is 13.5. The molecule has 0 aromatic carbocycles. The van der Waals surface area contributed by atoms with Gasteiger partial charge in [0.15, 0.2) is 0 Å². The van der Waals surface area contributed by atoms with E-state index in [0.29, 0.717) is 17.4 Å². The first-order valence-electron chi connectivity index (χ1n) is 6.52. The molecule has 1 aromatic rings. The molecule has 2 rings (SSSR count). The fourth-order valence-corrected chi connectivity index (χ4v) is 1.96. The second-order valence-electron chi connectivity index (χ2n) is 5.20. The van der Waals surface area contributed by atoms with Crippen LogP contribution in [0.3, 0.4) is 0 Å². The largest absolute Gasteiger partial charge is 0.397 e. The van der Waals surface area contributed by atoms with E-state index in [1.807, 2.05) is 18.4 Å². The van der Waals surface area contributed by atoms with Crippen molar-refractivity contribution in [3.05, 3.63) is 18.0 Å². The van der Waals surface area contributed by atoms with E-state index in [0.717, 1.165) is 12.8 Å². The molecule has 1 aliphatic rings. The van der Waals surface area contributed by atoms with E-state index in [-0.39, 0.29) is 24.4 Å². The smallest absolute Gasteiger partial charge is 0.268 e. The maximum absolute atomic E-state index is 12.0. The Bertz CT molecular complexity index is 489. The van der Waals surface area contributed by atoms with Crippen molar-refractivity contribution in [3.8, 4) is 0 Å². The van der Waals surface area contributed by atoms with E-state index in [4.69, 9.17) is 5.73 Å². The zero-order valence-electron chi connectivity index (χ0n) is 11.3. The van der Waals surface area contributed by atoms with Gasteiger partial charge in [-0.1, -0.05) is 0 Å². The molecular formula is C13H20N4O2. The normalized spacial score (nSPS) is 14.5. The standard InChI is InChI=1S/C13H20N4O2/c1-8(2)16-12(18)6-15-13(19)11-5-9(14)7-17(11)10-3-4-10/h5,7-8,10H,3-4,6,14H2,1-2H3,(H,15,19)(H,16,18). The van der Waals surface area contributed by atoms with Crippen LogP contribution in [0.15, 0.2) is 12.3 Å². The molecule has 0 bridgehead atoms. The number of hydrogen-bond donors (Lipinski definition) is 3. The molecule has 0 unspecified atom stereocenters. The topological polar surface area (TPSA) is 89.2 Å². The lowest BCUT2D eigenvalue weighted by Crippen LogP contribution is -2.40. The number of amides is 2. The van der Waals surface area contributed by atoms with E-state index in [1.54, 1.807) is 12.3 Å². The highest BCUT2D eigenvalue weighted by atomic mass is 16.2. The maximum Gasteiger partial charge on any atom is 0.268 e. The molecule has 1 aromatic heterocycles. The Kier molecular flexibility index (Phi) is 3.78. The molecule has 4 N–H and O–H groups in total. The second kappa shape index (κ2) is 5.34. The molecule has 1 saturated carbocycles. The lowest BCUT2D eigenvalue weighted by Gasteiger charge is -2.10. The molecule has 0 atom stereocenters. The molecule has 6 heteroatoms. The van der Waals surface area contributed by atoms with Gasteiger partial charge in [-0.15, -0.1) is 0 Å². The number of carbonyl (C=O) groups excluding carboxylic acids is 2. The number of nitrogens with zero attached hydrogens (tertiary/aromatic N) is 1. The number of anilines is 1. The summed E-state index contributed by atoms with van der Waals surface area (Å²) in [5, 5.41) is 5.33. The summed E-state index contributed by atoms with van der Waals surface area (Å²) in [6.07, 6.45) is 3.92. The quantitative estimate of drug-likeness (QED) is 0.730. The van der Waals surface area contributed by atoms with Crippen molar-refractivity contribution in [1.82, 2.24) is 15.2 Å². The third-order valence-corrected chi connectivity index (χ3v) is 2.90. The average molecular weight is 264 g/mol. The summed E-state index contributed by atoms with van der Waals surface area (Å²) in [5.41, 5.74) is 6.82. The molecule has 1 aliphatic carbocycles. The lowest BCUT2D eigenvalue weighted by molar-refractivity contribution is -0.120. The van der Waals surface area contributed by atoms with Crippen molar-refractivity contribution >= 4 is 17.5 Å². The molecule has 2 amide bonds. The van der Waals surface area contributed by atoms with Crippen LogP contribution in [-0.4, -0.2) is 29.0 Å². The van der Waals surface area contributed by atoms with Crippen LogP contribution in [0, 0.1) is 0 Å². The zero-order chi connectivity index (χ0) is 14.0. The fourth-order valence-electron chi connectivity index (χ4n) is 1.96. The summed E-state index contributed by atoms with van der Waals surface area (Å²) >= 11 is 0. The number of rotatable bonds is 5. The van der Waals surface area contributed by atoms with Crippen LogP contribution in [-0.2, 0) is 4.79 Å². The number of nitrogens with one attached hydrogen (secondary N) is 2. The van der Waals surface area contributed by atoms with Crippen LogP contribution in [0.25, 0.3) is 0 Å². The number of nitrogens with two attached hydrogens (primary N) is 1.